The summed E-state index contributed by atoms with van der Waals surface area (Å²) >= 11 is 3.26. The maximum atomic E-state index is 8.62. The standard InChI is InChI=1S/C7H4BrN5/c8-5-2-11-7(10)13-3-4(1-9)12-6(5)13/h2-3H,(H2,10,11). The fourth-order valence-electron chi connectivity index (χ4n) is 1.02. The number of hydrogen-bond donors (Lipinski definition) is 1. The average Bonchev–Trinajstić information content (AvgIpc) is 2.56. The fraction of sp³-hybridized carbons (Fsp3) is 0. The summed E-state index contributed by atoms with van der Waals surface area (Å²) in [5, 5.41) is 8.62. The third-order valence-electron chi connectivity index (χ3n) is 1.59. The minimum atomic E-state index is 0.312. The molecule has 2 N–H and O–H groups in total. The van der Waals surface area contributed by atoms with Crippen LogP contribution in [0.5, 0.6) is 0 Å². The molecule has 0 bridgehead atoms. The molecule has 0 saturated heterocycles. The molecule has 0 aliphatic carbocycles. The Bertz CT molecular complexity index is 470. The first-order chi connectivity index (χ1) is 6.22. The van der Waals surface area contributed by atoms with Gasteiger partial charge in [0, 0.05) is 6.20 Å². The van der Waals surface area contributed by atoms with E-state index in [1.165, 1.54) is 0 Å². The molecule has 0 fully saturated rings. The predicted octanol–water partition coefficient (Wildman–Crippen LogP) is 0.946. The lowest BCUT2D eigenvalue weighted by molar-refractivity contribution is 1.10. The number of rotatable bonds is 0. The van der Waals surface area contributed by atoms with E-state index in [2.05, 4.69) is 25.9 Å². The third-order valence-corrected chi connectivity index (χ3v) is 2.15. The van der Waals surface area contributed by atoms with Crippen molar-refractivity contribution in [2.24, 2.45) is 0 Å². The molecular formula is C7H4BrN5. The van der Waals surface area contributed by atoms with Crippen LogP contribution in [0.1, 0.15) is 5.69 Å². The van der Waals surface area contributed by atoms with Gasteiger partial charge in [-0.15, -0.1) is 0 Å². The molecule has 0 saturated carbocycles. The second-order valence-electron chi connectivity index (χ2n) is 2.40. The van der Waals surface area contributed by atoms with Crippen LogP contribution in [0.4, 0.5) is 5.95 Å². The van der Waals surface area contributed by atoms with E-state index < -0.39 is 0 Å². The quantitative estimate of drug-likeness (QED) is 0.740. The van der Waals surface area contributed by atoms with E-state index >= 15 is 0 Å². The van der Waals surface area contributed by atoms with E-state index in [-0.39, 0.29) is 0 Å². The maximum absolute atomic E-state index is 8.62. The number of halogens is 1. The Kier molecular flexibility index (Phi) is 1.67. The number of anilines is 1. The van der Waals surface area contributed by atoms with Crippen LogP contribution >= 0.6 is 15.9 Å². The highest BCUT2D eigenvalue weighted by Gasteiger charge is 2.06. The summed E-state index contributed by atoms with van der Waals surface area (Å²) in [6.45, 7) is 0. The van der Waals surface area contributed by atoms with Gasteiger partial charge in [0.1, 0.15) is 6.07 Å². The number of nitriles is 1. The van der Waals surface area contributed by atoms with Crippen molar-refractivity contribution in [3.8, 4) is 6.07 Å². The van der Waals surface area contributed by atoms with E-state index in [1.807, 2.05) is 6.07 Å². The number of fused-ring (bicyclic) bond motifs is 1. The van der Waals surface area contributed by atoms with E-state index in [4.69, 9.17) is 11.0 Å². The molecule has 2 rings (SSSR count). The summed E-state index contributed by atoms with van der Waals surface area (Å²) in [4.78, 5) is 7.93. The Balaban J connectivity index is 2.90. The number of imidazole rings is 1. The van der Waals surface area contributed by atoms with Gasteiger partial charge in [-0.2, -0.15) is 5.26 Å². The molecule has 6 heteroatoms. The molecule has 0 aromatic carbocycles. The van der Waals surface area contributed by atoms with Crippen LogP contribution in [0.15, 0.2) is 16.9 Å². The maximum Gasteiger partial charge on any atom is 0.206 e. The Morgan fingerprint density at radius 1 is 1.62 bits per heavy atom. The van der Waals surface area contributed by atoms with Gasteiger partial charge in [0.2, 0.25) is 5.95 Å². The summed E-state index contributed by atoms with van der Waals surface area (Å²) in [6, 6.07) is 1.93. The van der Waals surface area contributed by atoms with Gasteiger partial charge in [0.15, 0.2) is 11.3 Å². The minimum Gasteiger partial charge on any atom is -0.369 e. The van der Waals surface area contributed by atoms with Crippen molar-refractivity contribution >= 4 is 27.5 Å². The van der Waals surface area contributed by atoms with Gasteiger partial charge in [0.25, 0.3) is 0 Å². The zero-order valence-corrected chi connectivity index (χ0v) is 7.98. The molecule has 0 amide bonds. The number of nitrogens with two attached hydrogens (primary N) is 1. The monoisotopic (exact) mass is 237 g/mol. The number of nitrogen functional groups attached to an aromatic ring is 1. The van der Waals surface area contributed by atoms with E-state index in [9.17, 15) is 0 Å². The highest BCUT2D eigenvalue weighted by Crippen LogP contribution is 2.18. The second kappa shape index (κ2) is 2.71. The highest BCUT2D eigenvalue weighted by atomic mass is 79.9. The zero-order chi connectivity index (χ0) is 9.42. The first-order valence-corrected chi connectivity index (χ1v) is 4.21. The molecule has 0 spiro atoms. The predicted molar refractivity (Wildman–Crippen MR) is 49.8 cm³/mol. The van der Waals surface area contributed by atoms with Crippen LogP contribution in [-0.2, 0) is 0 Å². The molecule has 2 aromatic heterocycles. The normalized spacial score (nSPS) is 10.2. The smallest absolute Gasteiger partial charge is 0.206 e. The summed E-state index contributed by atoms with van der Waals surface area (Å²) in [6.07, 6.45) is 3.10. The molecule has 5 nitrogen and oxygen atoms in total. The first kappa shape index (κ1) is 8.01. The van der Waals surface area contributed by atoms with Crippen LogP contribution in [0, 0.1) is 11.3 Å². The molecule has 2 heterocycles. The Morgan fingerprint density at radius 3 is 3.00 bits per heavy atom. The molecular weight excluding hydrogens is 234 g/mol. The van der Waals surface area contributed by atoms with Gasteiger partial charge in [-0.05, 0) is 15.9 Å². The fourth-order valence-corrected chi connectivity index (χ4v) is 1.40. The van der Waals surface area contributed by atoms with Crippen molar-refractivity contribution in [1.29, 1.82) is 5.26 Å². The third kappa shape index (κ3) is 1.13. The van der Waals surface area contributed by atoms with Crippen LogP contribution in [0.2, 0.25) is 0 Å². The van der Waals surface area contributed by atoms with Gasteiger partial charge >= 0.3 is 0 Å². The molecule has 13 heavy (non-hydrogen) atoms. The average molecular weight is 238 g/mol. The van der Waals surface area contributed by atoms with E-state index in [0.717, 1.165) is 0 Å². The van der Waals surface area contributed by atoms with Crippen molar-refractivity contribution in [3.05, 3.63) is 22.6 Å². The molecule has 0 aliphatic heterocycles. The van der Waals surface area contributed by atoms with Crippen LogP contribution in [-0.4, -0.2) is 14.4 Å². The van der Waals surface area contributed by atoms with Crippen molar-refractivity contribution in [3.63, 3.8) is 0 Å². The van der Waals surface area contributed by atoms with Crippen molar-refractivity contribution < 1.29 is 0 Å². The zero-order valence-electron chi connectivity index (χ0n) is 6.40. The second-order valence-corrected chi connectivity index (χ2v) is 3.25. The molecule has 0 aliphatic rings. The topological polar surface area (TPSA) is 80.0 Å². The van der Waals surface area contributed by atoms with Crippen LogP contribution in [0.25, 0.3) is 5.65 Å². The van der Waals surface area contributed by atoms with Gasteiger partial charge in [-0.3, -0.25) is 4.40 Å². The van der Waals surface area contributed by atoms with Crippen molar-refractivity contribution in [2.45, 2.75) is 0 Å². The van der Waals surface area contributed by atoms with Crippen LogP contribution < -0.4 is 5.73 Å². The summed E-state index contributed by atoms with van der Waals surface area (Å²) in [5.74, 6) is 0.312. The van der Waals surface area contributed by atoms with Crippen molar-refractivity contribution in [2.75, 3.05) is 5.73 Å². The largest absolute Gasteiger partial charge is 0.369 e. The number of aromatic nitrogens is 3. The molecule has 64 valence electrons. The Labute approximate surface area is 82.0 Å². The van der Waals surface area contributed by atoms with Crippen LogP contribution in [0.3, 0.4) is 0 Å². The lowest BCUT2D eigenvalue weighted by Gasteiger charge is -1.97. The van der Waals surface area contributed by atoms with E-state index in [0.29, 0.717) is 21.8 Å². The van der Waals surface area contributed by atoms with Crippen molar-refractivity contribution in [1.82, 2.24) is 14.4 Å². The minimum absolute atomic E-state index is 0.312. The van der Waals surface area contributed by atoms with Gasteiger partial charge in [0.05, 0.1) is 10.7 Å². The molecule has 0 atom stereocenters. The Morgan fingerprint density at radius 2 is 2.38 bits per heavy atom. The molecule has 0 radical (unpaired) electrons. The summed E-state index contributed by atoms with van der Waals surface area (Å²) in [7, 11) is 0. The molecule has 0 unspecified atom stereocenters. The summed E-state index contributed by atoms with van der Waals surface area (Å²) < 4.78 is 2.27. The number of hydrogen-bond acceptors (Lipinski definition) is 4. The number of nitrogens with zero attached hydrogens (tertiary/aromatic N) is 4. The molecule has 2 aromatic rings. The van der Waals surface area contributed by atoms with E-state index in [1.54, 1.807) is 16.8 Å². The highest BCUT2D eigenvalue weighted by molar-refractivity contribution is 9.10. The lowest BCUT2D eigenvalue weighted by atomic mass is 10.5. The van der Waals surface area contributed by atoms with Gasteiger partial charge in [-0.25, -0.2) is 9.97 Å². The summed E-state index contributed by atoms with van der Waals surface area (Å²) in [5.41, 5.74) is 6.50. The SMILES string of the molecule is N#Cc1cn2c(N)ncc(Br)c2n1. The van der Waals surface area contributed by atoms with Gasteiger partial charge in [-0.1, -0.05) is 0 Å². The van der Waals surface area contributed by atoms with Gasteiger partial charge < -0.3 is 5.73 Å². The Hall–Kier alpha value is -1.61. The lowest BCUT2D eigenvalue weighted by Crippen LogP contribution is -1.98. The first-order valence-electron chi connectivity index (χ1n) is 3.41.